The third-order valence-electron chi connectivity index (χ3n) is 7.95. The first-order chi connectivity index (χ1) is 14.4. The number of hydrogen-bond donors (Lipinski definition) is 1. The Balaban J connectivity index is 1.31. The number of nitrogens with one attached hydrogen (secondary N) is 1. The van der Waals surface area contributed by atoms with Crippen LogP contribution in [0.5, 0.6) is 0 Å². The molecule has 0 aromatic carbocycles. The van der Waals surface area contributed by atoms with E-state index < -0.39 is 0 Å². The van der Waals surface area contributed by atoms with E-state index in [-0.39, 0.29) is 17.7 Å². The van der Waals surface area contributed by atoms with Crippen LogP contribution in [0.3, 0.4) is 0 Å². The van der Waals surface area contributed by atoms with Crippen molar-refractivity contribution in [3.63, 3.8) is 0 Å². The maximum atomic E-state index is 12.8. The molecule has 0 bridgehead atoms. The standard InChI is InChI=1S/C23H40N4O3/c1-17(2)30-22(29)25-14-10-23(3,11-15-25)26-12-8-18(9-13-26)27-20-7-5-4-6-19(20)24-16-21(27)28/h17-20,24H,4-16H2,1-3H3/t19-,20-/m0/s1. The molecule has 1 aliphatic carbocycles. The molecule has 0 radical (unpaired) electrons. The molecular weight excluding hydrogens is 380 g/mol. The Labute approximate surface area is 181 Å². The van der Waals surface area contributed by atoms with Gasteiger partial charge in [0, 0.05) is 49.8 Å². The van der Waals surface area contributed by atoms with E-state index in [0.717, 1.165) is 58.3 Å². The maximum absolute atomic E-state index is 12.8. The summed E-state index contributed by atoms with van der Waals surface area (Å²) in [6.07, 6.45) is 8.78. The molecule has 2 amide bonds. The summed E-state index contributed by atoms with van der Waals surface area (Å²) in [7, 11) is 0. The first-order valence-electron chi connectivity index (χ1n) is 12.1. The highest BCUT2D eigenvalue weighted by Gasteiger charge is 2.44. The van der Waals surface area contributed by atoms with Gasteiger partial charge in [-0.05, 0) is 59.3 Å². The molecule has 4 fully saturated rings. The molecule has 3 saturated heterocycles. The monoisotopic (exact) mass is 420 g/mol. The Bertz CT molecular complexity index is 624. The molecule has 30 heavy (non-hydrogen) atoms. The van der Waals surface area contributed by atoms with Gasteiger partial charge in [-0.1, -0.05) is 12.8 Å². The second-order valence-corrected chi connectivity index (χ2v) is 10.3. The van der Waals surface area contributed by atoms with Crippen LogP contribution in [0.15, 0.2) is 0 Å². The summed E-state index contributed by atoms with van der Waals surface area (Å²) in [6.45, 7) is 10.3. The van der Waals surface area contributed by atoms with Crippen LogP contribution in [-0.4, -0.2) is 89.2 Å². The quantitative estimate of drug-likeness (QED) is 0.760. The molecule has 7 nitrogen and oxygen atoms in total. The Hall–Kier alpha value is -1.34. The molecule has 1 N–H and O–H groups in total. The van der Waals surface area contributed by atoms with Crippen LogP contribution in [0, 0.1) is 0 Å². The van der Waals surface area contributed by atoms with Crippen molar-refractivity contribution in [2.24, 2.45) is 0 Å². The maximum Gasteiger partial charge on any atom is 0.410 e. The lowest BCUT2D eigenvalue weighted by atomic mass is 9.83. The first-order valence-corrected chi connectivity index (χ1v) is 12.1. The summed E-state index contributed by atoms with van der Waals surface area (Å²) in [5.74, 6) is 0.305. The number of piperazine rings is 1. The number of piperidine rings is 2. The Morgan fingerprint density at radius 3 is 2.40 bits per heavy atom. The van der Waals surface area contributed by atoms with E-state index in [4.69, 9.17) is 4.74 Å². The van der Waals surface area contributed by atoms with Crippen LogP contribution < -0.4 is 5.32 Å². The summed E-state index contributed by atoms with van der Waals surface area (Å²) in [5.41, 5.74) is 0.139. The lowest BCUT2D eigenvalue weighted by Gasteiger charge is -2.53. The van der Waals surface area contributed by atoms with E-state index in [2.05, 4.69) is 22.0 Å². The number of nitrogens with zero attached hydrogens (tertiary/aromatic N) is 3. The highest BCUT2D eigenvalue weighted by atomic mass is 16.6. The molecule has 1 saturated carbocycles. The molecule has 4 rings (SSSR count). The summed E-state index contributed by atoms with van der Waals surface area (Å²) >= 11 is 0. The van der Waals surface area contributed by atoms with E-state index in [9.17, 15) is 9.59 Å². The van der Waals surface area contributed by atoms with Gasteiger partial charge in [0.15, 0.2) is 0 Å². The van der Waals surface area contributed by atoms with Crippen molar-refractivity contribution in [2.75, 3.05) is 32.7 Å². The second-order valence-electron chi connectivity index (χ2n) is 10.3. The van der Waals surface area contributed by atoms with Gasteiger partial charge < -0.3 is 19.9 Å². The number of rotatable bonds is 3. The lowest BCUT2D eigenvalue weighted by Crippen LogP contribution is -2.66. The Morgan fingerprint density at radius 1 is 1.07 bits per heavy atom. The number of fused-ring (bicyclic) bond motifs is 1. The molecule has 0 spiro atoms. The van der Waals surface area contributed by atoms with Crippen LogP contribution in [0.25, 0.3) is 0 Å². The van der Waals surface area contributed by atoms with Crippen LogP contribution in [-0.2, 0) is 9.53 Å². The fraction of sp³-hybridized carbons (Fsp3) is 0.913. The summed E-state index contributed by atoms with van der Waals surface area (Å²) in [4.78, 5) is 31.7. The van der Waals surface area contributed by atoms with Crippen LogP contribution in [0.1, 0.15) is 72.1 Å². The number of likely N-dealkylation sites (tertiary alicyclic amines) is 2. The van der Waals surface area contributed by atoms with Crippen LogP contribution >= 0.6 is 0 Å². The fourth-order valence-electron chi connectivity index (χ4n) is 6.10. The zero-order valence-corrected chi connectivity index (χ0v) is 19.1. The molecule has 0 aromatic rings. The zero-order valence-electron chi connectivity index (χ0n) is 19.1. The Kier molecular flexibility index (Phi) is 6.58. The van der Waals surface area contributed by atoms with E-state index in [1.807, 2.05) is 18.7 Å². The fourth-order valence-corrected chi connectivity index (χ4v) is 6.10. The van der Waals surface area contributed by atoms with Crippen molar-refractivity contribution < 1.29 is 14.3 Å². The van der Waals surface area contributed by atoms with E-state index in [0.29, 0.717) is 30.6 Å². The predicted molar refractivity (Wildman–Crippen MR) is 116 cm³/mol. The van der Waals surface area contributed by atoms with Crippen molar-refractivity contribution in [3.8, 4) is 0 Å². The van der Waals surface area contributed by atoms with Gasteiger partial charge in [-0.2, -0.15) is 0 Å². The van der Waals surface area contributed by atoms with Crippen molar-refractivity contribution >= 4 is 12.0 Å². The molecule has 7 heteroatoms. The molecule has 3 heterocycles. The highest BCUT2D eigenvalue weighted by Crippen LogP contribution is 2.35. The van der Waals surface area contributed by atoms with Crippen molar-refractivity contribution in [1.82, 2.24) is 20.0 Å². The summed E-state index contributed by atoms with van der Waals surface area (Å²) < 4.78 is 5.37. The SMILES string of the molecule is CC(C)OC(=O)N1CCC(C)(N2CCC(N3C(=O)CN[C@H]4CCCC[C@@H]43)CC2)CC1. The van der Waals surface area contributed by atoms with Gasteiger partial charge >= 0.3 is 6.09 Å². The largest absolute Gasteiger partial charge is 0.447 e. The number of ether oxygens (including phenoxy) is 1. The molecule has 3 aliphatic heterocycles. The minimum absolute atomic E-state index is 0.0682. The lowest BCUT2D eigenvalue weighted by molar-refractivity contribution is -0.143. The van der Waals surface area contributed by atoms with Gasteiger partial charge in [0.25, 0.3) is 0 Å². The van der Waals surface area contributed by atoms with Gasteiger partial charge in [-0.15, -0.1) is 0 Å². The molecule has 0 unspecified atom stereocenters. The van der Waals surface area contributed by atoms with Gasteiger partial charge in [0.05, 0.1) is 12.6 Å². The smallest absolute Gasteiger partial charge is 0.410 e. The molecule has 4 aliphatic rings. The Morgan fingerprint density at radius 2 is 1.73 bits per heavy atom. The minimum Gasteiger partial charge on any atom is -0.447 e. The third-order valence-corrected chi connectivity index (χ3v) is 7.95. The van der Waals surface area contributed by atoms with Crippen molar-refractivity contribution in [3.05, 3.63) is 0 Å². The highest BCUT2D eigenvalue weighted by molar-refractivity contribution is 5.80. The average molecular weight is 421 g/mol. The van der Waals surface area contributed by atoms with Crippen LogP contribution in [0.4, 0.5) is 4.79 Å². The van der Waals surface area contributed by atoms with E-state index in [1.165, 1.54) is 19.3 Å². The predicted octanol–water partition coefficient (Wildman–Crippen LogP) is 2.59. The molecule has 170 valence electrons. The molecule has 0 aromatic heterocycles. The van der Waals surface area contributed by atoms with Gasteiger partial charge in [0.1, 0.15) is 0 Å². The second kappa shape index (κ2) is 9.03. The van der Waals surface area contributed by atoms with Crippen molar-refractivity contribution in [1.29, 1.82) is 0 Å². The number of amides is 2. The topological polar surface area (TPSA) is 65.1 Å². The molecule has 2 atom stereocenters. The summed E-state index contributed by atoms with van der Waals surface area (Å²) in [5, 5.41) is 3.49. The normalized spacial score (nSPS) is 31.0. The number of carbonyl (C=O) groups excluding carboxylic acids is 2. The first kappa shape index (κ1) is 21.9. The van der Waals surface area contributed by atoms with Crippen molar-refractivity contribution in [2.45, 2.75) is 102 Å². The summed E-state index contributed by atoms with van der Waals surface area (Å²) in [6, 6.07) is 1.30. The van der Waals surface area contributed by atoms with E-state index >= 15 is 0 Å². The zero-order chi connectivity index (χ0) is 21.3. The molecular formula is C23H40N4O3. The minimum atomic E-state index is -0.176. The number of hydrogen-bond acceptors (Lipinski definition) is 5. The van der Waals surface area contributed by atoms with Crippen LogP contribution in [0.2, 0.25) is 0 Å². The van der Waals surface area contributed by atoms with Gasteiger partial charge in [-0.3, -0.25) is 9.69 Å². The van der Waals surface area contributed by atoms with Gasteiger partial charge in [0.2, 0.25) is 5.91 Å². The average Bonchev–Trinajstić information content (AvgIpc) is 2.74. The number of carbonyl (C=O) groups is 2. The van der Waals surface area contributed by atoms with Gasteiger partial charge in [-0.25, -0.2) is 4.79 Å². The van der Waals surface area contributed by atoms with E-state index in [1.54, 1.807) is 0 Å². The third kappa shape index (κ3) is 4.47.